The van der Waals surface area contributed by atoms with Gasteiger partial charge in [0.25, 0.3) is 5.91 Å². The van der Waals surface area contributed by atoms with Crippen LogP contribution in [0.1, 0.15) is 15.9 Å². The molecule has 8 heteroatoms. The van der Waals surface area contributed by atoms with Crippen molar-refractivity contribution in [3.63, 3.8) is 0 Å². The zero-order valence-corrected chi connectivity index (χ0v) is 19.9. The Kier molecular flexibility index (Phi) is 7.02. The molecule has 0 unspecified atom stereocenters. The highest BCUT2D eigenvalue weighted by Gasteiger charge is 2.18. The monoisotopic (exact) mass is 483 g/mol. The number of hydrogen-bond donors (Lipinski definition) is 1. The Labute approximate surface area is 199 Å². The van der Waals surface area contributed by atoms with Crippen LogP contribution in [0.3, 0.4) is 0 Å². The maximum Gasteiger partial charge on any atom is 0.255 e. The molecule has 0 atom stereocenters. The third kappa shape index (κ3) is 5.93. The standard InChI is InChI=1S/C25H26ClN3O3S/c1-33(31,32)24-17-20(7-12-23(24)26)25(30)27-21-8-10-22(11-9-21)29-15-13-28(14-16-29)18-19-5-3-2-4-6-19/h2-12,17H,13-16,18H2,1H3,(H,27,30). The first-order chi connectivity index (χ1) is 15.8. The van der Waals surface area contributed by atoms with Crippen molar-refractivity contribution in [2.75, 3.05) is 42.7 Å². The molecule has 1 aliphatic rings. The van der Waals surface area contributed by atoms with E-state index in [2.05, 4.69) is 39.4 Å². The first kappa shape index (κ1) is 23.3. The van der Waals surface area contributed by atoms with E-state index in [0.717, 1.165) is 44.7 Å². The van der Waals surface area contributed by atoms with Crippen LogP contribution in [-0.2, 0) is 16.4 Å². The molecule has 3 aromatic rings. The summed E-state index contributed by atoms with van der Waals surface area (Å²) < 4.78 is 23.7. The maximum absolute atomic E-state index is 12.6. The molecule has 1 amide bonds. The highest BCUT2D eigenvalue weighted by molar-refractivity contribution is 7.90. The molecule has 0 bridgehead atoms. The molecule has 1 aliphatic heterocycles. The molecule has 1 heterocycles. The van der Waals surface area contributed by atoms with Crippen molar-refractivity contribution < 1.29 is 13.2 Å². The van der Waals surface area contributed by atoms with Gasteiger partial charge in [-0.15, -0.1) is 0 Å². The Morgan fingerprint density at radius 2 is 1.61 bits per heavy atom. The second-order valence-corrected chi connectivity index (χ2v) is 10.6. The van der Waals surface area contributed by atoms with E-state index < -0.39 is 9.84 Å². The zero-order chi connectivity index (χ0) is 23.4. The summed E-state index contributed by atoms with van der Waals surface area (Å²) in [5.74, 6) is -0.390. The van der Waals surface area contributed by atoms with Crippen molar-refractivity contribution in [2.24, 2.45) is 0 Å². The first-order valence-electron chi connectivity index (χ1n) is 10.7. The number of carbonyl (C=O) groups excluding carboxylic acids is 1. The van der Waals surface area contributed by atoms with Gasteiger partial charge in [0.05, 0.1) is 9.92 Å². The molecule has 0 saturated carbocycles. The van der Waals surface area contributed by atoms with E-state index in [9.17, 15) is 13.2 Å². The van der Waals surface area contributed by atoms with Crippen molar-refractivity contribution in [3.05, 3.63) is 88.9 Å². The number of carbonyl (C=O) groups is 1. The molecule has 0 aromatic heterocycles. The minimum Gasteiger partial charge on any atom is -0.369 e. The largest absolute Gasteiger partial charge is 0.369 e. The fourth-order valence-corrected chi connectivity index (χ4v) is 5.19. The van der Waals surface area contributed by atoms with Crippen LogP contribution < -0.4 is 10.2 Å². The molecule has 172 valence electrons. The van der Waals surface area contributed by atoms with Crippen LogP contribution in [0.5, 0.6) is 0 Å². The highest BCUT2D eigenvalue weighted by Crippen LogP contribution is 2.24. The van der Waals surface area contributed by atoms with Crippen molar-refractivity contribution >= 4 is 38.7 Å². The average molecular weight is 484 g/mol. The number of nitrogens with one attached hydrogen (secondary N) is 1. The Morgan fingerprint density at radius 1 is 0.939 bits per heavy atom. The van der Waals surface area contributed by atoms with Gasteiger partial charge in [0.1, 0.15) is 0 Å². The van der Waals surface area contributed by atoms with Gasteiger partial charge < -0.3 is 10.2 Å². The average Bonchev–Trinajstić information content (AvgIpc) is 2.80. The number of amides is 1. The van der Waals surface area contributed by atoms with Gasteiger partial charge in [-0.3, -0.25) is 9.69 Å². The van der Waals surface area contributed by atoms with E-state index in [-0.39, 0.29) is 21.4 Å². The summed E-state index contributed by atoms with van der Waals surface area (Å²) in [6, 6.07) is 22.4. The molecule has 0 spiro atoms. The van der Waals surface area contributed by atoms with Crippen molar-refractivity contribution in [3.8, 4) is 0 Å². The summed E-state index contributed by atoms with van der Waals surface area (Å²) in [7, 11) is -3.52. The second kappa shape index (κ2) is 9.95. The Bertz CT molecular complexity index is 1220. The number of nitrogens with zero attached hydrogens (tertiary/aromatic N) is 2. The minimum atomic E-state index is -3.52. The number of halogens is 1. The molecular formula is C25H26ClN3O3S. The lowest BCUT2D eigenvalue weighted by molar-refractivity contribution is 0.102. The van der Waals surface area contributed by atoms with E-state index in [1.54, 1.807) is 0 Å². The van der Waals surface area contributed by atoms with Gasteiger partial charge in [0.15, 0.2) is 9.84 Å². The molecule has 4 rings (SSSR count). The summed E-state index contributed by atoms with van der Waals surface area (Å²) in [4.78, 5) is 17.3. The predicted octanol–water partition coefficient (Wildman–Crippen LogP) is 4.32. The quantitative estimate of drug-likeness (QED) is 0.565. The highest BCUT2D eigenvalue weighted by atomic mass is 35.5. The smallest absolute Gasteiger partial charge is 0.255 e. The molecule has 0 radical (unpaired) electrons. The Hall–Kier alpha value is -2.87. The maximum atomic E-state index is 12.6. The molecule has 1 saturated heterocycles. The van der Waals surface area contributed by atoms with Crippen molar-refractivity contribution in [1.82, 2.24) is 4.90 Å². The van der Waals surface area contributed by atoms with Gasteiger partial charge in [-0.2, -0.15) is 0 Å². The van der Waals surface area contributed by atoms with Crippen molar-refractivity contribution in [2.45, 2.75) is 11.4 Å². The van der Waals surface area contributed by atoms with Crippen LogP contribution in [0, 0.1) is 0 Å². The predicted molar refractivity (Wildman–Crippen MR) is 133 cm³/mol. The molecule has 0 aliphatic carbocycles. The summed E-state index contributed by atoms with van der Waals surface area (Å²) in [5, 5.41) is 2.92. The lowest BCUT2D eigenvalue weighted by Gasteiger charge is -2.36. The summed E-state index contributed by atoms with van der Waals surface area (Å²) >= 11 is 5.97. The van der Waals surface area contributed by atoms with Crippen LogP contribution in [-0.4, -0.2) is 51.7 Å². The third-order valence-electron chi connectivity index (χ3n) is 5.70. The topological polar surface area (TPSA) is 69.7 Å². The number of anilines is 2. The Balaban J connectivity index is 1.35. The number of sulfone groups is 1. The normalized spacial score (nSPS) is 14.8. The fourth-order valence-electron chi connectivity index (χ4n) is 3.89. The van der Waals surface area contributed by atoms with Crippen LogP contribution in [0.2, 0.25) is 5.02 Å². The Morgan fingerprint density at radius 3 is 2.24 bits per heavy atom. The van der Waals surface area contributed by atoms with Crippen LogP contribution in [0.15, 0.2) is 77.7 Å². The van der Waals surface area contributed by atoms with Gasteiger partial charge >= 0.3 is 0 Å². The lowest BCUT2D eigenvalue weighted by atomic mass is 10.2. The number of hydrogen-bond acceptors (Lipinski definition) is 5. The molecular weight excluding hydrogens is 458 g/mol. The molecule has 3 aromatic carbocycles. The van der Waals surface area contributed by atoms with Gasteiger partial charge in [-0.25, -0.2) is 8.42 Å². The molecule has 1 fully saturated rings. The fraction of sp³-hybridized carbons (Fsp3) is 0.240. The molecule has 6 nitrogen and oxygen atoms in total. The number of rotatable bonds is 6. The number of piperazine rings is 1. The van der Waals surface area contributed by atoms with Crippen LogP contribution >= 0.6 is 11.6 Å². The van der Waals surface area contributed by atoms with Crippen LogP contribution in [0.25, 0.3) is 0 Å². The molecule has 1 N–H and O–H groups in total. The molecule has 33 heavy (non-hydrogen) atoms. The van der Waals surface area contributed by atoms with E-state index in [0.29, 0.717) is 5.69 Å². The van der Waals surface area contributed by atoms with Crippen LogP contribution in [0.4, 0.5) is 11.4 Å². The lowest BCUT2D eigenvalue weighted by Crippen LogP contribution is -2.45. The minimum absolute atomic E-state index is 0.0569. The van der Waals surface area contributed by atoms with Crippen molar-refractivity contribution in [1.29, 1.82) is 0 Å². The first-order valence-corrected chi connectivity index (χ1v) is 13.0. The van der Waals surface area contributed by atoms with E-state index >= 15 is 0 Å². The zero-order valence-electron chi connectivity index (χ0n) is 18.4. The number of benzene rings is 3. The van der Waals surface area contributed by atoms with Gasteiger partial charge in [0.2, 0.25) is 0 Å². The van der Waals surface area contributed by atoms with Gasteiger partial charge in [0, 0.05) is 55.9 Å². The van der Waals surface area contributed by atoms with E-state index in [1.165, 1.54) is 23.8 Å². The van der Waals surface area contributed by atoms with Gasteiger partial charge in [-0.05, 0) is 48.0 Å². The summed E-state index contributed by atoms with van der Waals surface area (Å²) in [6.07, 6.45) is 1.07. The SMILES string of the molecule is CS(=O)(=O)c1cc(C(=O)Nc2ccc(N3CCN(Cc4ccccc4)CC3)cc2)ccc1Cl. The van der Waals surface area contributed by atoms with E-state index in [1.807, 2.05) is 30.3 Å². The second-order valence-electron chi connectivity index (χ2n) is 8.17. The summed E-state index contributed by atoms with van der Waals surface area (Å²) in [6.45, 7) is 4.83. The van der Waals surface area contributed by atoms with E-state index in [4.69, 9.17) is 11.6 Å². The van der Waals surface area contributed by atoms with Gasteiger partial charge in [-0.1, -0.05) is 41.9 Å². The summed E-state index contributed by atoms with van der Waals surface area (Å²) in [5.41, 5.74) is 3.31. The third-order valence-corrected chi connectivity index (χ3v) is 7.28.